The van der Waals surface area contributed by atoms with Gasteiger partial charge in [-0.25, -0.2) is 0 Å². The van der Waals surface area contributed by atoms with E-state index in [4.69, 9.17) is 4.74 Å². The van der Waals surface area contributed by atoms with Gasteiger partial charge >= 0.3 is 0 Å². The van der Waals surface area contributed by atoms with Crippen molar-refractivity contribution < 1.29 is 24.2 Å². The summed E-state index contributed by atoms with van der Waals surface area (Å²) in [5, 5.41) is 15.6. The minimum absolute atomic E-state index is 0.0237. The Bertz CT molecular complexity index is 1300. The third-order valence-electron chi connectivity index (χ3n) is 8.70. The molecule has 5 atom stereocenters. The van der Waals surface area contributed by atoms with Crippen LogP contribution < -0.4 is 15.4 Å². The van der Waals surface area contributed by atoms with Crippen molar-refractivity contribution in [1.82, 2.24) is 4.90 Å². The number of aryl methyl sites for hydroxylation is 2. The molecule has 9 heteroatoms. The first-order chi connectivity index (χ1) is 19.1. The third-order valence-corrected chi connectivity index (χ3v) is 10.7. The van der Waals surface area contributed by atoms with Crippen molar-refractivity contribution in [2.45, 2.75) is 68.9 Å². The van der Waals surface area contributed by atoms with E-state index in [0.717, 1.165) is 29.0 Å². The molecule has 3 aliphatic heterocycles. The van der Waals surface area contributed by atoms with E-state index in [1.165, 1.54) is 0 Å². The minimum atomic E-state index is -0.696. The Morgan fingerprint density at radius 1 is 1.07 bits per heavy atom. The van der Waals surface area contributed by atoms with E-state index in [1.54, 1.807) is 28.8 Å². The highest BCUT2D eigenvalue weighted by atomic mass is 32.2. The van der Waals surface area contributed by atoms with Gasteiger partial charge in [0.1, 0.15) is 11.8 Å². The summed E-state index contributed by atoms with van der Waals surface area (Å²) in [5.74, 6) is -0.972. The molecular formula is C31H39N3O5S. The second-order valence-electron chi connectivity index (χ2n) is 11.4. The number of unbranched alkanes of at least 4 members (excludes halogenated alkanes) is 1. The molecule has 0 radical (unpaired) electrons. The molecule has 2 aromatic rings. The maximum atomic E-state index is 14.2. The first-order valence-corrected chi connectivity index (χ1v) is 15.0. The molecule has 3 N–H and O–H groups in total. The van der Waals surface area contributed by atoms with Crippen LogP contribution in [-0.4, -0.2) is 63.0 Å². The first kappa shape index (κ1) is 28.5. The van der Waals surface area contributed by atoms with Gasteiger partial charge in [-0.1, -0.05) is 12.1 Å². The van der Waals surface area contributed by atoms with Crippen molar-refractivity contribution in [3.8, 4) is 5.75 Å². The number of fused-ring (bicyclic) bond motifs is 1. The molecule has 2 aromatic carbocycles. The predicted molar refractivity (Wildman–Crippen MR) is 158 cm³/mol. The molecule has 214 valence electrons. The summed E-state index contributed by atoms with van der Waals surface area (Å²) < 4.78 is 4.37. The van der Waals surface area contributed by atoms with Crippen LogP contribution in [0.3, 0.4) is 0 Å². The Morgan fingerprint density at radius 3 is 2.52 bits per heavy atom. The van der Waals surface area contributed by atoms with Gasteiger partial charge in [0.05, 0.1) is 23.2 Å². The Labute approximate surface area is 240 Å². The number of benzene rings is 2. The fourth-order valence-electron chi connectivity index (χ4n) is 6.85. The van der Waals surface area contributed by atoms with Crippen LogP contribution in [0.1, 0.15) is 50.7 Å². The van der Waals surface area contributed by atoms with Crippen molar-refractivity contribution >= 4 is 40.9 Å². The van der Waals surface area contributed by atoms with E-state index < -0.39 is 27.4 Å². The van der Waals surface area contributed by atoms with Gasteiger partial charge in [0.2, 0.25) is 17.7 Å². The molecule has 3 fully saturated rings. The Kier molecular flexibility index (Phi) is 7.90. The zero-order valence-corrected chi connectivity index (χ0v) is 24.5. The fraction of sp³-hybridized carbons (Fsp3) is 0.516. The summed E-state index contributed by atoms with van der Waals surface area (Å²) in [4.78, 5) is 43.8. The second-order valence-corrected chi connectivity index (χ2v) is 13.3. The lowest BCUT2D eigenvalue weighted by Gasteiger charge is -2.35. The number of nitrogens with zero attached hydrogens (tertiary/aromatic N) is 1. The van der Waals surface area contributed by atoms with Crippen LogP contribution in [0.5, 0.6) is 5.75 Å². The van der Waals surface area contributed by atoms with E-state index in [0.29, 0.717) is 38.1 Å². The maximum Gasteiger partial charge on any atom is 0.248 e. The molecule has 1 spiro atoms. The molecule has 0 saturated carbocycles. The SMILES string of the molecule is CCOc1ccc(NC(=O)[C@@H]2[C@H]3C(=O)N(CCCCO)C(C(=O)Nc4cc(C)ccc4C)C34CC[C@@]2(C)S4)cc1. The molecule has 0 aromatic heterocycles. The number of aliphatic hydroxyl groups excluding tert-OH is 1. The summed E-state index contributed by atoms with van der Waals surface area (Å²) in [7, 11) is 0. The number of nitrogens with one attached hydrogen (secondary N) is 2. The Hall–Kier alpha value is -3.04. The number of thioether (sulfide) groups is 1. The van der Waals surface area contributed by atoms with Crippen LogP contribution in [0.25, 0.3) is 0 Å². The van der Waals surface area contributed by atoms with E-state index in [1.807, 2.05) is 51.1 Å². The summed E-state index contributed by atoms with van der Waals surface area (Å²) in [6, 6.07) is 12.5. The van der Waals surface area contributed by atoms with Crippen molar-refractivity contribution in [2.75, 3.05) is 30.4 Å². The summed E-state index contributed by atoms with van der Waals surface area (Å²) in [6.07, 6.45) is 2.57. The summed E-state index contributed by atoms with van der Waals surface area (Å²) in [6.45, 7) is 8.86. The van der Waals surface area contributed by atoms with Gasteiger partial charge in [-0.3, -0.25) is 14.4 Å². The zero-order valence-electron chi connectivity index (χ0n) is 23.7. The molecule has 2 unspecified atom stereocenters. The lowest BCUT2D eigenvalue weighted by molar-refractivity contribution is -0.139. The van der Waals surface area contributed by atoms with Gasteiger partial charge in [-0.05, 0) is 94.8 Å². The van der Waals surface area contributed by atoms with Gasteiger partial charge in [-0.15, -0.1) is 11.8 Å². The molecule has 3 heterocycles. The summed E-state index contributed by atoms with van der Waals surface area (Å²) >= 11 is 1.66. The van der Waals surface area contributed by atoms with E-state index in [-0.39, 0.29) is 24.3 Å². The Balaban J connectivity index is 1.46. The average Bonchev–Trinajstić information content (AvgIpc) is 3.48. The average molecular weight is 566 g/mol. The number of anilines is 2. The Morgan fingerprint density at radius 2 is 1.82 bits per heavy atom. The van der Waals surface area contributed by atoms with Crippen molar-refractivity contribution in [1.29, 1.82) is 0 Å². The quantitative estimate of drug-likeness (QED) is 0.366. The number of rotatable bonds is 10. The summed E-state index contributed by atoms with van der Waals surface area (Å²) in [5.41, 5.74) is 3.37. The van der Waals surface area contributed by atoms with Gasteiger partial charge in [0.15, 0.2) is 0 Å². The lowest BCUT2D eigenvalue weighted by atomic mass is 9.66. The van der Waals surface area contributed by atoms with Gasteiger partial charge in [-0.2, -0.15) is 0 Å². The second kappa shape index (κ2) is 11.1. The molecule has 40 heavy (non-hydrogen) atoms. The number of hydrogen-bond donors (Lipinski definition) is 3. The normalized spacial score (nSPS) is 28.5. The van der Waals surface area contributed by atoms with E-state index in [9.17, 15) is 19.5 Å². The van der Waals surface area contributed by atoms with Crippen LogP contribution in [0.15, 0.2) is 42.5 Å². The standard InChI is InChI=1S/C31H39N3O5S/c1-5-39-22-12-10-21(11-13-22)32-27(36)24-25-29(38)34(16-6-7-17-35)26(31(25)15-14-30(24,4)40-31)28(37)33-23-18-19(2)8-9-20(23)3/h8-13,18,24-26,35H,5-7,14-17H2,1-4H3,(H,32,36)(H,33,37)/t24-,25-,26?,30+,31?/m0/s1. The monoisotopic (exact) mass is 565 g/mol. The van der Waals surface area contributed by atoms with Crippen LogP contribution >= 0.6 is 11.8 Å². The largest absolute Gasteiger partial charge is 0.494 e. The smallest absolute Gasteiger partial charge is 0.248 e. The zero-order chi connectivity index (χ0) is 28.7. The molecule has 3 saturated heterocycles. The number of carbonyl (C=O) groups is 3. The van der Waals surface area contributed by atoms with Gasteiger partial charge in [0, 0.05) is 29.3 Å². The number of amides is 3. The van der Waals surface area contributed by atoms with Crippen LogP contribution in [0.4, 0.5) is 11.4 Å². The van der Waals surface area contributed by atoms with Crippen LogP contribution in [0.2, 0.25) is 0 Å². The molecule has 3 aliphatic rings. The predicted octanol–water partition coefficient (Wildman–Crippen LogP) is 4.53. The fourth-order valence-corrected chi connectivity index (χ4v) is 9.21. The number of hydrogen-bond acceptors (Lipinski definition) is 6. The highest BCUT2D eigenvalue weighted by Crippen LogP contribution is 2.71. The maximum absolute atomic E-state index is 14.2. The van der Waals surface area contributed by atoms with Crippen molar-refractivity contribution in [3.63, 3.8) is 0 Å². The van der Waals surface area contributed by atoms with Crippen LogP contribution in [0, 0.1) is 25.7 Å². The molecule has 8 nitrogen and oxygen atoms in total. The molecule has 5 rings (SSSR count). The third kappa shape index (κ3) is 4.87. The minimum Gasteiger partial charge on any atom is -0.494 e. The van der Waals surface area contributed by atoms with Crippen molar-refractivity contribution in [2.24, 2.45) is 11.8 Å². The van der Waals surface area contributed by atoms with Gasteiger partial charge in [0.25, 0.3) is 0 Å². The first-order valence-electron chi connectivity index (χ1n) is 14.2. The highest BCUT2D eigenvalue weighted by molar-refractivity contribution is 8.02. The number of carbonyl (C=O) groups excluding carboxylic acids is 3. The van der Waals surface area contributed by atoms with Crippen molar-refractivity contribution in [3.05, 3.63) is 53.6 Å². The van der Waals surface area contributed by atoms with E-state index >= 15 is 0 Å². The molecular weight excluding hydrogens is 526 g/mol. The molecule has 2 bridgehead atoms. The topological polar surface area (TPSA) is 108 Å². The van der Waals surface area contributed by atoms with E-state index in [2.05, 4.69) is 17.6 Å². The van der Waals surface area contributed by atoms with Gasteiger partial charge < -0.3 is 25.4 Å². The molecule has 0 aliphatic carbocycles. The lowest BCUT2D eigenvalue weighted by Crippen LogP contribution is -2.52. The number of aliphatic hydroxyl groups is 1. The number of ether oxygens (including phenoxy) is 1. The highest BCUT2D eigenvalue weighted by Gasteiger charge is 2.77. The molecule has 3 amide bonds. The number of likely N-dealkylation sites (tertiary alicyclic amines) is 1. The van der Waals surface area contributed by atoms with Crippen LogP contribution in [-0.2, 0) is 14.4 Å².